The van der Waals surface area contributed by atoms with Gasteiger partial charge in [0.15, 0.2) is 22.8 Å². The second kappa shape index (κ2) is 11.2. The van der Waals surface area contributed by atoms with Crippen molar-refractivity contribution in [2.45, 2.75) is 118 Å². The molecule has 1 aromatic rings. The highest BCUT2D eigenvalue weighted by Crippen LogP contribution is 2.68. The molecule has 4 unspecified atom stereocenters. The van der Waals surface area contributed by atoms with E-state index in [4.69, 9.17) is 9.47 Å². The number of hydrogen-bond acceptors (Lipinski definition) is 6. The minimum atomic E-state index is -1.39. The first kappa shape index (κ1) is 32.0. The number of fused-ring (bicyclic) bond motifs is 1. The van der Waals surface area contributed by atoms with E-state index < -0.39 is 22.7 Å². The number of phenolic OH excluding ortho intramolecular Hbond substituents is 2. The fourth-order valence-electron chi connectivity index (χ4n) is 7.76. The molecule has 2 fully saturated rings. The van der Waals surface area contributed by atoms with E-state index in [2.05, 4.69) is 19.9 Å². The highest BCUT2D eigenvalue weighted by Gasteiger charge is 2.81. The lowest BCUT2D eigenvalue weighted by atomic mass is 9.51. The van der Waals surface area contributed by atoms with Crippen LogP contribution < -0.4 is 4.74 Å². The van der Waals surface area contributed by atoms with Crippen LogP contribution in [0, 0.1) is 11.8 Å². The molecular weight excluding hydrogens is 552 g/mol. The summed E-state index contributed by atoms with van der Waals surface area (Å²) in [6, 6.07) is 0. The predicted molar refractivity (Wildman–Crippen MR) is 173 cm³/mol. The summed E-state index contributed by atoms with van der Waals surface area (Å²) in [5, 5.41) is 23.5. The lowest BCUT2D eigenvalue weighted by Crippen LogP contribution is -2.72. The lowest BCUT2D eigenvalue weighted by Gasteiger charge is -2.56. The quantitative estimate of drug-likeness (QED) is 0.278. The molecule has 4 atom stereocenters. The zero-order valence-electron chi connectivity index (χ0n) is 27.8. The predicted octanol–water partition coefficient (Wildman–Crippen LogP) is 8.20. The first-order chi connectivity index (χ1) is 20.6. The van der Waals surface area contributed by atoms with Gasteiger partial charge in [0.2, 0.25) is 0 Å². The summed E-state index contributed by atoms with van der Waals surface area (Å²) < 4.78 is 13.8. The Morgan fingerprint density at radius 3 is 2.16 bits per heavy atom. The maximum absolute atomic E-state index is 14.7. The topological polar surface area (TPSA) is 93.1 Å². The number of ether oxygens (including phenoxy) is 2. The molecule has 1 saturated heterocycles. The molecule has 6 nitrogen and oxygen atoms in total. The molecule has 44 heavy (non-hydrogen) atoms. The summed E-state index contributed by atoms with van der Waals surface area (Å²) in [7, 11) is 0. The molecular formula is C38H48O6. The maximum Gasteiger partial charge on any atom is 0.200 e. The molecule has 2 heterocycles. The monoisotopic (exact) mass is 600 g/mol. The number of phenols is 2. The number of allylic oxidation sites excluding steroid dienone is 8. The molecule has 6 heteroatoms. The van der Waals surface area contributed by atoms with Crippen LogP contribution in [0.4, 0.5) is 0 Å². The SMILES string of the molecule is CC(C)=CCC/C(C)=C/Cc1c(O)c(CC=C(C)C)c2c(c1O)C(=O)C1=CC3CC4C(C)(C)OC(CC=C(C)C)(C3=O)C14O2. The zero-order valence-corrected chi connectivity index (χ0v) is 27.8. The van der Waals surface area contributed by atoms with Crippen molar-refractivity contribution in [2.24, 2.45) is 11.8 Å². The average molecular weight is 601 g/mol. The molecule has 1 aromatic carbocycles. The van der Waals surface area contributed by atoms with E-state index >= 15 is 0 Å². The maximum atomic E-state index is 14.7. The van der Waals surface area contributed by atoms with E-state index in [-0.39, 0.29) is 53.1 Å². The van der Waals surface area contributed by atoms with Crippen molar-refractivity contribution in [3.8, 4) is 17.2 Å². The van der Waals surface area contributed by atoms with Crippen molar-refractivity contribution < 1.29 is 29.3 Å². The van der Waals surface area contributed by atoms with E-state index in [9.17, 15) is 19.8 Å². The van der Waals surface area contributed by atoms with E-state index in [1.165, 1.54) is 5.57 Å². The minimum absolute atomic E-state index is 0.0667. The summed E-state index contributed by atoms with van der Waals surface area (Å²) in [5.41, 5.74) is 2.21. The second-order valence-corrected chi connectivity index (χ2v) is 14.4. The van der Waals surface area contributed by atoms with Crippen LogP contribution in [-0.2, 0) is 22.4 Å². The Hall–Kier alpha value is -3.38. The van der Waals surface area contributed by atoms with Crippen LogP contribution in [0.5, 0.6) is 17.2 Å². The van der Waals surface area contributed by atoms with Gasteiger partial charge >= 0.3 is 0 Å². The Morgan fingerprint density at radius 2 is 1.52 bits per heavy atom. The van der Waals surface area contributed by atoms with Crippen molar-refractivity contribution >= 4 is 11.6 Å². The van der Waals surface area contributed by atoms with Gasteiger partial charge in [-0.15, -0.1) is 0 Å². The van der Waals surface area contributed by atoms with Gasteiger partial charge in [-0.05, 0) is 94.4 Å². The summed E-state index contributed by atoms with van der Waals surface area (Å²) >= 11 is 0. The summed E-state index contributed by atoms with van der Waals surface area (Å²) in [5.74, 6) is -1.33. The Balaban J connectivity index is 1.71. The Morgan fingerprint density at radius 1 is 0.886 bits per heavy atom. The van der Waals surface area contributed by atoms with Crippen molar-refractivity contribution in [1.82, 2.24) is 0 Å². The van der Waals surface area contributed by atoms with Gasteiger partial charge in [0.25, 0.3) is 0 Å². The highest BCUT2D eigenvalue weighted by molar-refractivity contribution is 6.18. The van der Waals surface area contributed by atoms with Crippen LogP contribution in [0.25, 0.3) is 0 Å². The third kappa shape index (κ3) is 4.81. The van der Waals surface area contributed by atoms with Crippen LogP contribution >= 0.6 is 0 Å². The molecule has 0 aromatic heterocycles. The molecule has 2 N–H and O–H groups in total. The third-order valence-corrected chi connectivity index (χ3v) is 9.95. The number of aromatic hydroxyl groups is 2. The van der Waals surface area contributed by atoms with Gasteiger partial charge in [-0.1, -0.05) is 52.7 Å². The molecule has 236 valence electrons. The van der Waals surface area contributed by atoms with E-state index in [0.29, 0.717) is 29.5 Å². The highest BCUT2D eigenvalue weighted by atomic mass is 16.6. The van der Waals surface area contributed by atoms with Gasteiger partial charge < -0.3 is 19.7 Å². The molecule has 4 bridgehead atoms. The molecule has 2 aliphatic heterocycles. The molecule has 0 radical (unpaired) electrons. The van der Waals surface area contributed by atoms with E-state index in [0.717, 1.165) is 29.6 Å². The van der Waals surface area contributed by atoms with Gasteiger partial charge in [0.1, 0.15) is 22.8 Å². The number of Topliss-reactive ketones (excluding diaryl/α,β-unsaturated/α-hetero) is 2. The smallest absolute Gasteiger partial charge is 0.200 e. The van der Waals surface area contributed by atoms with Crippen LogP contribution in [-0.4, -0.2) is 38.6 Å². The van der Waals surface area contributed by atoms with E-state index in [1.54, 1.807) is 6.08 Å². The largest absolute Gasteiger partial charge is 0.507 e. The van der Waals surface area contributed by atoms with Crippen LogP contribution in [0.2, 0.25) is 0 Å². The Bertz CT molecular complexity index is 1570. The number of ketones is 2. The van der Waals surface area contributed by atoms with Crippen molar-refractivity contribution in [1.29, 1.82) is 0 Å². The average Bonchev–Trinajstić information content (AvgIpc) is 3.08. The van der Waals surface area contributed by atoms with Crippen LogP contribution in [0.1, 0.15) is 109 Å². The fraction of sp³-hybridized carbons (Fsp3) is 0.526. The molecule has 0 amide bonds. The van der Waals surface area contributed by atoms with Gasteiger partial charge in [-0.2, -0.15) is 0 Å². The first-order valence-electron chi connectivity index (χ1n) is 15.9. The molecule has 3 aliphatic carbocycles. The molecule has 1 spiro atoms. The second-order valence-electron chi connectivity index (χ2n) is 14.4. The summed E-state index contributed by atoms with van der Waals surface area (Å²) in [6.45, 7) is 18.0. The number of benzene rings is 1. The van der Waals surface area contributed by atoms with Crippen LogP contribution in [0.3, 0.4) is 0 Å². The van der Waals surface area contributed by atoms with Gasteiger partial charge in [-0.25, -0.2) is 0 Å². The molecule has 6 rings (SSSR count). The van der Waals surface area contributed by atoms with Crippen molar-refractivity contribution in [3.05, 3.63) is 74.9 Å². The van der Waals surface area contributed by atoms with Crippen LogP contribution in [0.15, 0.2) is 58.2 Å². The first-order valence-corrected chi connectivity index (χ1v) is 15.9. The van der Waals surface area contributed by atoms with Gasteiger partial charge in [0.05, 0.1) is 5.60 Å². The van der Waals surface area contributed by atoms with Gasteiger partial charge in [0, 0.05) is 35.0 Å². The zero-order chi connectivity index (χ0) is 32.4. The normalized spacial score (nSPS) is 27.7. The molecule has 1 saturated carbocycles. The Kier molecular flexibility index (Phi) is 8.16. The van der Waals surface area contributed by atoms with E-state index in [1.807, 2.05) is 66.7 Å². The lowest BCUT2D eigenvalue weighted by molar-refractivity contribution is -0.171. The molecule has 5 aliphatic rings. The Labute approximate surface area is 262 Å². The van der Waals surface area contributed by atoms with Crippen molar-refractivity contribution in [3.63, 3.8) is 0 Å². The summed E-state index contributed by atoms with van der Waals surface area (Å²) in [6.07, 6.45) is 13.1. The third-order valence-electron chi connectivity index (χ3n) is 9.95. The number of carbonyl (C=O) groups excluding carboxylic acids is 2. The number of carbonyl (C=O) groups is 2. The van der Waals surface area contributed by atoms with Crippen molar-refractivity contribution in [2.75, 3.05) is 0 Å². The van der Waals surface area contributed by atoms with Gasteiger partial charge in [-0.3, -0.25) is 9.59 Å². The summed E-state index contributed by atoms with van der Waals surface area (Å²) in [4.78, 5) is 28.8. The minimum Gasteiger partial charge on any atom is -0.507 e. The standard InChI is InChI=1S/C38H48O6/c1-21(2)11-10-12-24(7)14-16-26-31(39)27(15-13-22(3)4)34-30(32(26)40)33(41)28-19-25-20-29-36(8,9)44-37(35(25)42,18-17-23(5)6)38(28,29)43-34/h11,13-14,17,19,25,29,39-40H,10,12,15-16,18,20H2,1-9H3/b24-14+. The number of rotatable bonds is 9. The fourth-order valence-corrected chi connectivity index (χ4v) is 7.76. The number of hydrogen-bond donors (Lipinski definition) is 2.